The van der Waals surface area contributed by atoms with Gasteiger partial charge in [0.15, 0.2) is 0 Å². The van der Waals surface area contributed by atoms with E-state index in [0.29, 0.717) is 33.0 Å². The van der Waals surface area contributed by atoms with Gasteiger partial charge in [-0.2, -0.15) is 17.6 Å². The van der Waals surface area contributed by atoms with E-state index >= 15 is 0 Å². The van der Waals surface area contributed by atoms with Gasteiger partial charge < -0.3 is 14.5 Å². The fourth-order valence-electron chi connectivity index (χ4n) is 3.13. The number of rotatable bonds is 6. The molecule has 6 nitrogen and oxygen atoms in total. The summed E-state index contributed by atoms with van der Waals surface area (Å²) in [6, 6.07) is 8.34. The second-order valence-corrected chi connectivity index (χ2v) is 8.10. The molecule has 0 atom stereocenters. The summed E-state index contributed by atoms with van der Waals surface area (Å²) in [6.07, 6.45) is -2.15. The maximum absolute atomic E-state index is 13.3. The fraction of sp³-hybridized carbons (Fsp3) is 0.136. The van der Waals surface area contributed by atoms with E-state index in [1.807, 2.05) is 0 Å². The van der Waals surface area contributed by atoms with Crippen molar-refractivity contribution in [3.63, 3.8) is 0 Å². The summed E-state index contributed by atoms with van der Waals surface area (Å²) in [5.74, 6) is 0.489. The zero-order valence-electron chi connectivity index (χ0n) is 17.3. The number of aromatic amines is 1. The van der Waals surface area contributed by atoms with Gasteiger partial charge in [-0.3, -0.25) is 4.98 Å². The summed E-state index contributed by atoms with van der Waals surface area (Å²) in [5, 5.41) is -0.122. The predicted octanol–water partition coefficient (Wildman–Crippen LogP) is 6.70. The van der Waals surface area contributed by atoms with Crippen LogP contribution in [0.5, 0.6) is 11.5 Å². The van der Waals surface area contributed by atoms with Crippen molar-refractivity contribution in [3.05, 3.63) is 75.6 Å². The van der Waals surface area contributed by atoms with Gasteiger partial charge >= 0.3 is 6.18 Å². The molecular formula is C22H14BrClF4N4O2. The van der Waals surface area contributed by atoms with Crippen LogP contribution in [0.2, 0.25) is 5.02 Å². The Labute approximate surface area is 204 Å². The lowest BCUT2D eigenvalue weighted by molar-refractivity contribution is -0.138. The highest BCUT2D eigenvalue weighted by atomic mass is 79.9. The van der Waals surface area contributed by atoms with Crippen molar-refractivity contribution >= 4 is 27.5 Å². The first-order chi connectivity index (χ1) is 16.2. The number of hydrogen-bond donors (Lipinski definition) is 1. The molecule has 1 aromatic carbocycles. The number of ether oxygens (including phenoxy) is 2. The number of imidazole rings is 1. The van der Waals surface area contributed by atoms with E-state index in [1.165, 1.54) is 31.5 Å². The fourth-order valence-corrected chi connectivity index (χ4v) is 3.78. The molecule has 0 aliphatic heterocycles. The molecule has 176 valence electrons. The summed E-state index contributed by atoms with van der Waals surface area (Å²) in [4.78, 5) is 14.9. The summed E-state index contributed by atoms with van der Waals surface area (Å²) in [5.41, 5.74) is 0.488. The predicted molar refractivity (Wildman–Crippen MR) is 120 cm³/mol. The lowest BCUT2D eigenvalue weighted by Gasteiger charge is -2.14. The van der Waals surface area contributed by atoms with Crippen LogP contribution in [-0.2, 0) is 12.8 Å². The molecule has 0 fully saturated rings. The Hall–Kier alpha value is -3.18. The van der Waals surface area contributed by atoms with Crippen molar-refractivity contribution in [2.75, 3.05) is 7.11 Å². The Morgan fingerprint density at radius 3 is 2.56 bits per heavy atom. The number of methoxy groups -OCH3 is 1. The normalized spacial score (nSPS) is 11.5. The molecule has 4 aromatic rings. The number of alkyl halides is 3. The van der Waals surface area contributed by atoms with Gasteiger partial charge in [0.2, 0.25) is 5.95 Å². The van der Waals surface area contributed by atoms with Crippen LogP contribution in [0.1, 0.15) is 11.3 Å². The third-order valence-corrected chi connectivity index (χ3v) is 5.50. The molecule has 34 heavy (non-hydrogen) atoms. The maximum Gasteiger partial charge on any atom is 0.418 e. The van der Waals surface area contributed by atoms with E-state index in [9.17, 15) is 17.6 Å². The first kappa shape index (κ1) is 24.0. The van der Waals surface area contributed by atoms with Crippen LogP contribution in [0.3, 0.4) is 0 Å². The van der Waals surface area contributed by atoms with Gasteiger partial charge in [-0.15, -0.1) is 0 Å². The van der Waals surface area contributed by atoms with E-state index in [2.05, 4.69) is 35.9 Å². The lowest BCUT2D eigenvalue weighted by atomic mass is 10.1. The zero-order valence-corrected chi connectivity index (χ0v) is 19.6. The second-order valence-electron chi connectivity index (χ2n) is 6.92. The quantitative estimate of drug-likeness (QED) is 0.211. The molecule has 0 aliphatic rings. The number of nitrogens with zero attached hydrogens (tertiary/aromatic N) is 3. The van der Waals surface area contributed by atoms with Gasteiger partial charge in [-0.25, -0.2) is 9.97 Å². The van der Waals surface area contributed by atoms with Gasteiger partial charge in [0.1, 0.15) is 28.5 Å². The van der Waals surface area contributed by atoms with Crippen LogP contribution in [0.15, 0.2) is 53.4 Å². The monoisotopic (exact) mass is 556 g/mol. The van der Waals surface area contributed by atoms with Crippen LogP contribution >= 0.6 is 27.5 Å². The van der Waals surface area contributed by atoms with E-state index < -0.39 is 24.3 Å². The molecule has 0 saturated heterocycles. The highest BCUT2D eigenvalue weighted by Gasteiger charge is 2.34. The number of benzene rings is 1. The largest absolute Gasteiger partial charge is 0.496 e. The SMILES string of the molecule is COc1cc(OCc2ncc(Cl)cc2C(F)(F)F)ccc1-c1[nH]c(-c2ccc(F)nc2)nc1Br. The van der Waals surface area contributed by atoms with Gasteiger partial charge in [0.05, 0.1) is 29.1 Å². The molecule has 12 heteroatoms. The minimum Gasteiger partial charge on any atom is -0.496 e. The Balaban J connectivity index is 1.60. The molecular weight excluding hydrogens is 544 g/mol. The van der Waals surface area contributed by atoms with E-state index in [4.69, 9.17) is 21.1 Å². The minimum absolute atomic E-state index is 0.122. The van der Waals surface area contributed by atoms with Gasteiger partial charge in [0, 0.05) is 29.6 Å². The Morgan fingerprint density at radius 1 is 1.09 bits per heavy atom. The topological polar surface area (TPSA) is 72.9 Å². The second kappa shape index (κ2) is 9.59. The van der Waals surface area contributed by atoms with Crippen LogP contribution in [0.25, 0.3) is 22.6 Å². The molecule has 4 rings (SSSR count). The van der Waals surface area contributed by atoms with Gasteiger partial charge in [-0.05, 0) is 46.3 Å². The first-order valence-electron chi connectivity index (χ1n) is 9.56. The number of halogens is 6. The Kier molecular flexibility index (Phi) is 6.76. The Bertz CT molecular complexity index is 1330. The van der Waals surface area contributed by atoms with Crippen molar-refractivity contribution in [3.8, 4) is 34.1 Å². The van der Waals surface area contributed by atoms with Crippen LogP contribution in [0, 0.1) is 5.95 Å². The minimum atomic E-state index is -4.62. The average Bonchev–Trinajstić information content (AvgIpc) is 3.19. The summed E-state index contributed by atoms with van der Waals surface area (Å²) < 4.78 is 64.4. The van der Waals surface area contributed by atoms with Crippen LogP contribution < -0.4 is 9.47 Å². The molecule has 0 radical (unpaired) electrons. The van der Waals surface area contributed by atoms with Gasteiger partial charge in [-0.1, -0.05) is 11.6 Å². The van der Waals surface area contributed by atoms with Crippen molar-refractivity contribution in [1.82, 2.24) is 19.9 Å². The highest BCUT2D eigenvalue weighted by molar-refractivity contribution is 9.10. The third kappa shape index (κ3) is 5.15. The average molecular weight is 558 g/mol. The number of H-pyrrole nitrogens is 1. The molecule has 0 unspecified atom stereocenters. The molecule has 3 heterocycles. The molecule has 1 N–H and O–H groups in total. The molecule has 0 bridgehead atoms. The van der Waals surface area contributed by atoms with Crippen molar-refractivity contribution in [1.29, 1.82) is 0 Å². The standard InChI is InChI=1S/C22H14BrClF4N4O2/c1-33-17-7-13(34-10-16-15(22(26,27)28)6-12(24)9-29-16)3-4-14(17)19-20(23)32-21(31-19)11-2-5-18(25)30-8-11/h2-9H,10H2,1H3,(H,31,32). The Morgan fingerprint density at radius 2 is 1.88 bits per heavy atom. The molecule has 0 aliphatic carbocycles. The summed E-state index contributed by atoms with van der Waals surface area (Å²) in [6.45, 7) is -0.427. The first-order valence-corrected chi connectivity index (χ1v) is 10.7. The number of hydrogen-bond acceptors (Lipinski definition) is 5. The third-order valence-electron chi connectivity index (χ3n) is 4.72. The van der Waals surface area contributed by atoms with E-state index in [-0.39, 0.29) is 16.5 Å². The number of nitrogens with one attached hydrogen (secondary N) is 1. The molecule has 0 spiro atoms. The smallest absolute Gasteiger partial charge is 0.418 e. The zero-order chi connectivity index (χ0) is 24.5. The summed E-state index contributed by atoms with van der Waals surface area (Å²) in [7, 11) is 1.44. The molecule has 0 saturated carbocycles. The maximum atomic E-state index is 13.3. The lowest BCUT2D eigenvalue weighted by Crippen LogP contribution is -2.12. The van der Waals surface area contributed by atoms with Crippen LogP contribution in [0.4, 0.5) is 17.6 Å². The number of aromatic nitrogens is 4. The van der Waals surface area contributed by atoms with E-state index in [1.54, 1.807) is 12.1 Å². The summed E-state index contributed by atoms with van der Waals surface area (Å²) >= 11 is 9.06. The van der Waals surface area contributed by atoms with Crippen molar-refractivity contribution in [2.24, 2.45) is 0 Å². The van der Waals surface area contributed by atoms with Crippen molar-refractivity contribution in [2.45, 2.75) is 12.8 Å². The van der Waals surface area contributed by atoms with Gasteiger partial charge in [0.25, 0.3) is 0 Å². The molecule has 3 aromatic heterocycles. The van der Waals surface area contributed by atoms with E-state index in [0.717, 1.165) is 12.3 Å². The van der Waals surface area contributed by atoms with Crippen LogP contribution in [-0.4, -0.2) is 27.0 Å². The molecule has 0 amide bonds. The number of pyridine rings is 2. The van der Waals surface area contributed by atoms with Crippen molar-refractivity contribution < 1.29 is 27.0 Å². The highest BCUT2D eigenvalue weighted by Crippen LogP contribution is 2.38.